The topological polar surface area (TPSA) is 29.5 Å². The molecule has 0 aromatic carbocycles. The van der Waals surface area contributed by atoms with Gasteiger partial charge < -0.3 is 9.84 Å². The van der Waals surface area contributed by atoms with Crippen molar-refractivity contribution in [2.75, 3.05) is 0 Å². The molecule has 0 saturated carbocycles. The number of rotatable bonds is 2. The quantitative estimate of drug-likeness (QED) is 0.441. The number of hydrogen-bond donors (Lipinski definition) is 1. The summed E-state index contributed by atoms with van der Waals surface area (Å²) in [6.07, 6.45) is -2.92. The van der Waals surface area contributed by atoms with Crippen molar-refractivity contribution in [1.82, 2.24) is 0 Å². The molecule has 0 aliphatic heterocycles. The van der Waals surface area contributed by atoms with Gasteiger partial charge in [0.25, 0.3) is 0 Å². The second-order valence-electron chi connectivity index (χ2n) is 1.14. The highest BCUT2D eigenvalue weighted by Gasteiger charge is 1.91. The van der Waals surface area contributed by atoms with Crippen LogP contribution in [0.5, 0.6) is 0 Å². The van der Waals surface area contributed by atoms with Crippen LogP contribution in [0.4, 0.5) is 8.78 Å². The highest BCUT2D eigenvalue weighted by molar-refractivity contribution is 4.69. The lowest BCUT2D eigenvalue weighted by atomic mass is 10.8. The van der Waals surface area contributed by atoms with Gasteiger partial charge in [-0.25, -0.2) is 0 Å². The minimum absolute atomic E-state index is 0.199. The van der Waals surface area contributed by atoms with E-state index in [4.69, 9.17) is 5.11 Å². The normalized spacial score (nSPS) is 12.5. The fourth-order valence-corrected chi connectivity index (χ4v) is 0.150. The minimum atomic E-state index is -1.95. The Balaban J connectivity index is 3.29. The molecule has 0 saturated heterocycles. The molecular weight excluding hydrogens is 118 g/mol. The van der Waals surface area contributed by atoms with E-state index < -0.39 is 12.4 Å². The summed E-state index contributed by atoms with van der Waals surface area (Å²) >= 11 is 0. The first-order valence-electron chi connectivity index (χ1n) is 1.97. The Labute approximate surface area is 45.4 Å². The Hall–Kier alpha value is -0.640. The Morgan fingerprint density at radius 2 is 2.25 bits per heavy atom. The van der Waals surface area contributed by atoms with Crippen molar-refractivity contribution < 1.29 is 18.6 Å². The largest absolute Gasteiger partial charge is 0.467 e. The zero-order valence-corrected chi connectivity index (χ0v) is 4.27. The molecular formula is C4H6F2O2. The van der Waals surface area contributed by atoms with Crippen molar-refractivity contribution in [2.45, 2.75) is 13.2 Å². The predicted octanol–water partition coefficient (Wildman–Crippen LogP) is 1.08. The summed E-state index contributed by atoms with van der Waals surface area (Å²) < 4.78 is 26.0. The highest BCUT2D eigenvalue weighted by Crippen LogP contribution is 1.97. The van der Waals surface area contributed by atoms with Gasteiger partial charge in [0.1, 0.15) is 0 Å². The molecule has 0 spiro atoms. The van der Waals surface area contributed by atoms with Crippen molar-refractivity contribution in [3.63, 3.8) is 0 Å². The molecule has 4 heteroatoms. The SMILES string of the molecule is CC(O)OC=C(F)F. The van der Waals surface area contributed by atoms with Crippen LogP contribution in [0, 0.1) is 0 Å². The van der Waals surface area contributed by atoms with Gasteiger partial charge in [0.2, 0.25) is 0 Å². The zero-order chi connectivity index (χ0) is 6.57. The number of halogens is 2. The molecule has 0 bridgehead atoms. The van der Waals surface area contributed by atoms with E-state index in [1.807, 2.05) is 0 Å². The molecule has 0 rings (SSSR count). The molecule has 0 heterocycles. The third-order valence-electron chi connectivity index (χ3n) is 0.354. The van der Waals surface area contributed by atoms with Crippen LogP contribution in [0.2, 0.25) is 0 Å². The first-order valence-corrected chi connectivity index (χ1v) is 1.97. The second kappa shape index (κ2) is 3.37. The maximum Gasteiger partial charge on any atom is 0.304 e. The first-order chi connectivity index (χ1) is 3.63. The lowest BCUT2D eigenvalue weighted by molar-refractivity contribution is -0.0389. The van der Waals surface area contributed by atoms with E-state index in [0.717, 1.165) is 0 Å². The van der Waals surface area contributed by atoms with E-state index in [-0.39, 0.29) is 6.26 Å². The lowest BCUT2D eigenvalue weighted by Crippen LogP contribution is -1.99. The Bertz CT molecular complexity index is 86.0. The average molecular weight is 124 g/mol. The van der Waals surface area contributed by atoms with Crippen LogP contribution in [0.1, 0.15) is 6.92 Å². The van der Waals surface area contributed by atoms with E-state index in [1.54, 1.807) is 0 Å². The molecule has 2 nitrogen and oxygen atoms in total. The van der Waals surface area contributed by atoms with Crippen LogP contribution >= 0.6 is 0 Å². The maximum absolute atomic E-state index is 11.0. The van der Waals surface area contributed by atoms with Crippen molar-refractivity contribution in [3.8, 4) is 0 Å². The summed E-state index contributed by atoms with van der Waals surface area (Å²) in [7, 11) is 0. The first kappa shape index (κ1) is 7.36. The maximum atomic E-state index is 11.0. The zero-order valence-electron chi connectivity index (χ0n) is 4.27. The molecule has 48 valence electrons. The van der Waals surface area contributed by atoms with Gasteiger partial charge in [-0.2, -0.15) is 8.78 Å². The number of ether oxygens (including phenoxy) is 1. The highest BCUT2D eigenvalue weighted by atomic mass is 19.3. The summed E-state index contributed by atoms with van der Waals surface area (Å²) in [5, 5.41) is 8.20. The van der Waals surface area contributed by atoms with Crippen LogP contribution in [0.3, 0.4) is 0 Å². The molecule has 0 aliphatic carbocycles. The Kier molecular flexibility index (Phi) is 3.10. The summed E-state index contributed by atoms with van der Waals surface area (Å²) in [6, 6.07) is 0. The predicted molar refractivity (Wildman–Crippen MR) is 23.1 cm³/mol. The van der Waals surface area contributed by atoms with E-state index >= 15 is 0 Å². The molecule has 0 amide bonds. The number of aliphatic hydroxyl groups excluding tert-OH is 1. The molecule has 0 aromatic rings. The van der Waals surface area contributed by atoms with E-state index in [9.17, 15) is 8.78 Å². The standard InChI is InChI=1S/C4H6F2O2/c1-3(7)8-2-4(5)6/h2-3,7H,1H3. The van der Waals surface area contributed by atoms with Crippen LogP contribution in [0.25, 0.3) is 0 Å². The summed E-state index contributed by atoms with van der Waals surface area (Å²) in [4.78, 5) is 0. The second-order valence-corrected chi connectivity index (χ2v) is 1.14. The summed E-state index contributed by atoms with van der Waals surface area (Å²) in [5.74, 6) is 0. The average Bonchev–Trinajstić information content (AvgIpc) is 1.61. The van der Waals surface area contributed by atoms with Crippen LogP contribution < -0.4 is 0 Å². The van der Waals surface area contributed by atoms with Crippen molar-refractivity contribution in [2.24, 2.45) is 0 Å². The monoisotopic (exact) mass is 124 g/mol. The van der Waals surface area contributed by atoms with Crippen LogP contribution in [0.15, 0.2) is 12.3 Å². The lowest BCUT2D eigenvalue weighted by Gasteiger charge is -1.99. The van der Waals surface area contributed by atoms with Gasteiger partial charge in [-0.1, -0.05) is 0 Å². The van der Waals surface area contributed by atoms with Gasteiger partial charge in [-0.15, -0.1) is 0 Å². The molecule has 1 unspecified atom stereocenters. The molecule has 1 atom stereocenters. The van der Waals surface area contributed by atoms with E-state index in [0.29, 0.717) is 0 Å². The fraction of sp³-hybridized carbons (Fsp3) is 0.500. The van der Waals surface area contributed by atoms with Gasteiger partial charge in [-0.3, -0.25) is 0 Å². The summed E-state index contributed by atoms with van der Waals surface area (Å²) in [5.41, 5.74) is 0. The molecule has 8 heavy (non-hydrogen) atoms. The Morgan fingerprint density at radius 3 is 2.38 bits per heavy atom. The smallest absolute Gasteiger partial charge is 0.304 e. The van der Waals surface area contributed by atoms with Crippen LogP contribution in [-0.4, -0.2) is 11.4 Å². The Morgan fingerprint density at radius 1 is 1.75 bits per heavy atom. The van der Waals surface area contributed by atoms with Crippen molar-refractivity contribution in [3.05, 3.63) is 12.3 Å². The molecule has 0 aliphatic rings. The molecule has 1 N–H and O–H groups in total. The van der Waals surface area contributed by atoms with Gasteiger partial charge in [0.05, 0.1) is 0 Å². The van der Waals surface area contributed by atoms with Gasteiger partial charge in [0.15, 0.2) is 12.6 Å². The molecule has 0 aromatic heterocycles. The third kappa shape index (κ3) is 5.36. The third-order valence-corrected chi connectivity index (χ3v) is 0.354. The fourth-order valence-electron chi connectivity index (χ4n) is 0.150. The van der Waals surface area contributed by atoms with E-state index in [1.165, 1.54) is 6.92 Å². The number of hydrogen-bond acceptors (Lipinski definition) is 2. The van der Waals surface area contributed by atoms with Gasteiger partial charge in [-0.05, 0) is 6.92 Å². The number of aliphatic hydroxyl groups is 1. The molecule has 0 radical (unpaired) electrons. The van der Waals surface area contributed by atoms with Gasteiger partial charge in [0, 0.05) is 0 Å². The molecule has 0 fully saturated rings. The van der Waals surface area contributed by atoms with E-state index in [2.05, 4.69) is 4.74 Å². The van der Waals surface area contributed by atoms with Crippen LogP contribution in [-0.2, 0) is 4.74 Å². The summed E-state index contributed by atoms with van der Waals surface area (Å²) in [6.45, 7) is 1.24. The van der Waals surface area contributed by atoms with Crippen molar-refractivity contribution in [1.29, 1.82) is 0 Å². The minimum Gasteiger partial charge on any atom is -0.467 e. The van der Waals surface area contributed by atoms with Gasteiger partial charge >= 0.3 is 6.08 Å². The van der Waals surface area contributed by atoms with Crippen molar-refractivity contribution >= 4 is 0 Å².